The molecule has 1 aliphatic rings. The number of piperazine rings is 1. The second kappa shape index (κ2) is 6.36. The van der Waals surface area contributed by atoms with Crippen LogP contribution in [0.2, 0.25) is 0 Å². The van der Waals surface area contributed by atoms with Crippen molar-refractivity contribution >= 4 is 34.2 Å². The molecule has 0 unspecified atom stereocenters. The van der Waals surface area contributed by atoms with Gasteiger partial charge in [0.05, 0.1) is 10.0 Å². The SMILES string of the molecule is C[C@@H]1CNCCN1C(=O)c1c[nH]c(=O)c(Br)c1.Cl. The molecule has 1 aromatic heterocycles. The summed E-state index contributed by atoms with van der Waals surface area (Å²) in [6, 6.07) is 1.73. The minimum atomic E-state index is -0.227. The molecule has 18 heavy (non-hydrogen) atoms. The number of nitrogens with zero attached hydrogens (tertiary/aromatic N) is 1. The van der Waals surface area contributed by atoms with Crippen LogP contribution in [0.3, 0.4) is 0 Å². The highest BCUT2D eigenvalue weighted by molar-refractivity contribution is 9.10. The van der Waals surface area contributed by atoms with E-state index in [-0.39, 0.29) is 29.9 Å². The van der Waals surface area contributed by atoms with Crippen molar-refractivity contribution in [3.05, 3.63) is 32.7 Å². The number of halogens is 2. The minimum absolute atomic E-state index is 0. The van der Waals surface area contributed by atoms with Crippen LogP contribution in [0.15, 0.2) is 21.5 Å². The van der Waals surface area contributed by atoms with Crippen molar-refractivity contribution in [2.24, 2.45) is 0 Å². The molecule has 1 fully saturated rings. The Balaban J connectivity index is 0.00000162. The zero-order valence-corrected chi connectivity index (χ0v) is 12.3. The van der Waals surface area contributed by atoms with E-state index in [0.29, 0.717) is 16.6 Å². The molecule has 5 nitrogen and oxygen atoms in total. The third-order valence-corrected chi connectivity index (χ3v) is 3.46. The molecule has 100 valence electrons. The van der Waals surface area contributed by atoms with E-state index in [1.165, 1.54) is 6.20 Å². The Labute approximate surface area is 119 Å². The highest BCUT2D eigenvalue weighted by Crippen LogP contribution is 2.11. The number of pyridine rings is 1. The van der Waals surface area contributed by atoms with Gasteiger partial charge in [-0.1, -0.05) is 0 Å². The van der Waals surface area contributed by atoms with Crippen LogP contribution in [0.25, 0.3) is 0 Å². The normalized spacial score (nSPS) is 19.2. The van der Waals surface area contributed by atoms with Crippen LogP contribution in [-0.4, -0.2) is 41.5 Å². The monoisotopic (exact) mass is 335 g/mol. The van der Waals surface area contributed by atoms with E-state index in [4.69, 9.17) is 0 Å². The number of carbonyl (C=O) groups is 1. The standard InChI is InChI=1S/C11H14BrN3O2.ClH/c1-7-5-13-2-3-15(7)11(17)8-4-9(12)10(16)14-6-8;/h4,6-7,13H,2-3,5H2,1H3,(H,14,16);1H/t7-;/m1./s1. The van der Waals surface area contributed by atoms with Crippen LogP contribution in [0.5, 0.6) is 0 Å². The Morgan fingerprint density at radius 2 is 2.28 bits per heavy atom. The molecule has 2 heterocycles. The van der Waals surface area contributed by atoms with Crippen LogP contribution < -0.4 is 10.9 Å². The van der Waals surface area contributed by atoms with Gasteiger partial charge in [-0.15, -0.1) is 12.4 Å². The van der Waals surface area contributed by atoms with E-state index < -0.39 is 0 Å². The lowest BCUT2D eigenvalue weighted by atomic mass is 10.1. The van der Waals surface area contributed by atoms with Crippen LogP contribution in [0.4, 0.5) is 0 Å². The summed E-state index contributed by atoms with van der Waals surface area (Å²) in [5, 5.41) is 3.23. The summed E-state index contributed by atoms with van der Waals surface area (Å²) in [6.07, 6.45) is 1.46. The van der Waals surface area contributed by atoms with E-state index >= 15 is 0 Å². The summed E-state index contributed by atoms with van der Waals surface area (Å²) >= 11 is 3.13. The van der Waals surface area contributed by atoms with Crippen molar-refractivity contribution in [3.63, 3.8) is 0 Å². The molecule has 7 heteroatoms. The summed E-state index contributed by atoms with van der Waals surface area (Å²) < 4.78 is 0.381. The van der Waals surface area contributed by atoms with E-state index in [1.54, 1.807) is 6.07 Å². The third-order valence-electron chi connectivity index (χ3n) is 2.87. The topological polar surface area (TPSA) is 65.2 Å². The van der Waals surface area contributed by atoms with Gasteiger partial charge in [-0.05, 0) is 28.9 Å². The highest BCUT2D eigenvalue weighted by Gasteiger charge is 2.24. The Morgan fingerprint density at radius 3 is 2.89 bits per heavy atom. The maximum Gasteiger partial charge on any atom is 0.262 e. The lowest BCUT2D eigenvalue weighted by molar-refractivity contribution is 0.0655. The van der Waals surface area contributed by atoms with Crippen LogP contribution >= 0.6 is 28.3 Å². The fourth-order valence-corrected chi connectivity index (χ4v) is 2.25. The summed E-state index contributed by atoms with van der Waals surface area (Å²) in [4.78, 5) is 27.8. The van der Waals surface area contributed by atoms with Gasteiger partial charge in [0.1, 0.15) is 0 Å². The molecule has 0 spiro atoms. The molecular weight excluding hydrogens is 321 g/mol. The van der Waals surface area contributed by atoms with Crippen molar-refractivity contribution in [1.82, 2.24) is 15.2 Å². The number of hydrogen-bond acceptors (Lipinski definition) is 3. The zero-order chi connectivity index (χ0) is 12.4. The minimum Gasteiger partial charge on any atom is -0.333 e. The maximum atomic E-state index is 12.2. The Morgan fingerprint density at radius 1 is 1.56 bits per heavy atom. The first-order chi connectivity index (χ1) is 8.09. The van der Waals surface area contributed by atoms with Crippen LogP contribution in [0, 0.1) is 0 Å². The molecule has 1 amide bonds. The van der Waals surface area contributed by atoms with E-state index in [2.05, 4.69) is 26.2 Å². The number of aromatic amines is 1. The number of aromatic nitrogens is 1. The fraction of sp³-hybridized carbons (Fsp3) is 0.455. The van der Waals surface area contributed by atoms with Gasteiger partial charge >= 0.3 is 0 Å². The average Bonchev–Trinajstić information content (AvgIpc) is 2.32. The van der Waals surface area contributed by atoms with Crippen molar-refractivity contribution in [2.75, 3.05) is 19.6 Å². The number of rotatable bonds is 1. The van der Waals surface area contributed by atoms with Gasteiger partial charge in [-0.2, -0.15) is 0 Å². The second-order valence-electron chi connectivity index (χ2n) is 4.12. The van der Waals surface area contributed by atoms with Gasteiger partial charge in [-0.25, -0.2) is 0 Å². The van der Waals surface area contributed by atoms with Gasteiger partial charge < -0.3 is 15.2 Å². The molecule has 1 aliphatic heterocycles. The Bertz CT molecular complexity index is 491. The summed E-state index contributed by atoms with van der Waals surface area (Å²) in [5.74, 6) is -0.0454. The molecule has 0 bridgehead atoms. The van der Waals surface area contributed by atoms with Crippen molar-refractivity contribution in [2.45, 2.75) is 13.0 Å². The molecule has 2 N–H and O–H groups in total. The molecule has 0 aliphatic carbocycles. The van der Waals surface area contributed by atoms with Crippen LogP contribution in [-0.2, 0) is 0 Å². The predicted octanol–water partition coefficient (Wildman–Crippen LogP) is 0.993. The third kappa shape index (κ3) is 3.13. The average molecular weight is 337 g/mol. The number of amides is 1. The van der Waals surface area contributed by atoms with Gasteiger partial charge in [0, 0.05) is 31.9 Å². The molecule has 0 radical (unpaired) electrons. The Hall–Kier alpha value is -0.850. The van der Waals surface area contributed by atoms with Crippen LogP contribution in [0.1, 0.15) is 17.3 Å². The number of hydrogen-bond donors (Lipinski definition) is 2. The largest absolute Gasteiger partial charge is 0.333 e. The lowest BCUT2D eigenvalue weighted by Gasteiger charge is -2.34. The molecule has 2 rings (SSSR count). The quantitative estimate of drug-likeness (QED) is 0.804. The van der Waals surface area contributed by atoms with Gasteiger partial charge in [0.25, 0.3) is 11.5 Å². The number of nitrogens with one attached hydrogen (secondary N) is 2. The zero-order valence-electron chi connectivity index (χ0n) is 9.90. The van der Waals surface area contributed by atoms with E-state index in [1.807, 2.05) is 11.8 Å². The molecule has 1 saturated heterocycles. The Kier molecular flexibility index (Phi) is 5.37. The van der Waals surface area contributed by atoms with Gasteiger partial charge in [-0.3, -0.25) is 9.59 Å². The first-order valence-corrected chi connectivity index (χ1v) is 6.29. The number of carbonyl (C=O) groups excluding carboxylic acids is 1. The highest BCUT2D eigenvalue weighted by atomic mass is 79.9. The molecule has 1 atom stereocenters. The fourth-order valence-electron chi connectivity index (χ4n) is 1.89. The molecule has 0 aromatic carbocycles. The first-order valence-electron chi connectivity index (χ1n) is 5.49. The van der Waals surface area contributed by atoms with Gasteiger partial charge in [0.2, 0.25) is 0 Å². The molecule has 1 aromatic rings. The predicted molar refractivity (Wildman–Crippen MR) is 75.4 cm³/mol. The maximum absolute atomic E-state index is 12.2. The lowest BCUT2D eigenvalue weighted by Crippen LogP contribution is -2.52. The second-order valence-corrected chi connectivity index (χ2v) is 4.97. The summed E-state index contributed by atoms with van der Waals surface area (Å²) in [6.45, 7) is 4.30. The number of H-pyrrole nitrogens is 1. The molecule has 0 saturated carbocycles. The molecular formula is C11H15BrClN3O2. The van der Waals surface area contributed by atoms with Crippen molar-refractivity contribution < 1.29 is 4.79 Å². The summed E-state index contributed by atoms with van der Waals surface area (Å²) in [7, 11) is 0. The smallest absolute Gasteiger partial charge is 0.262 e. The first kappa shape index (κ1) is 15.2. The van der Waals surface area contributed by atoms with E-state index in [9.17, 15) is 9.59 Å². The van der Waals surface area contributed by atoms with E-state index in [0.717, 1.165) is 13.1 Å². The summed E-state index contributed by atoms with van der Waals surface area (Å²) in [5.41, 5.74) is 0.278. The van der Waals surface area contributed by atoms with Crippen molar-refractivity contribution in [3.8, 4) is 0 Å². The van der Waals surface area contributed by atoms with Crippen molar-refractivity contribution in [1.29, 1.82) is 0 Å². The van der Waals surface area contributed by atoms with Gasteiger partial charge in [0.15, 0.2) is 0 Å².